The van der Waals surface area contributed by atoms with E-state index in [4.69, 9.17) is 4.52 Å². The summed E-state index contributed by atoms with van der Waals surface area (Å²) in [4.78, 5) is 14.9. The van der Waals surface area contributed by atoms with Gasteiger partial charge in [0, 0.05) is 18.2 Å². The Bertz CT molecular complexity index is 1090. The highest BCUT2D eigenvalue weighted by Gasteiger charge is 2.31. The number of aromatic nitrogens is 1. The third-order valence-electron chi connectivity index (χ3n) is 4.70. The average molecular weight is 418 g/mol. The molecule has 0 radical (unpaired) electrons. The Kier molecular flexibility index (Phi) is 4.94. The van der Waals surface area contributed by atoms with Crippen molar-refractivity contribution < 1.29 is 17.7 Å². The lowest BCUT2D eigenvalue weighted by molar-refractivity contribution is 0.0735. The van der Waals surface area contributed by atoms with Crippen LogP contribution in [0.25, 0.3) is 0 Å². The van der Waals surface area contributed by atoms with Crippen LogP contribution in [0.15, 0.2) is 56.6 Å². The van der Waals surface area contributed by atoms with Gasteiger partial charge in [0.25, 0.3) is 15.9 Å². The number of rotatable bonds is 5. The Morgan fingerprint density at radius 3 is 2.89 bits per heavy atom. The number of nitrogens with zero attached hydrogens (tertiary/aromatic N) is 2. The predicted octanol–water partition coefficient (Wildman–Crippen LogP) is 3.82. The SMILES string of the molecule is Cc1cc(NS(=O)(=O)c2cccc(C(=O)N3CCCC3c3ccsc3)c2)no1. The number of benzene rings is 1. The molecule has 1 saturated heterocycles. The van der Waals surface area contributed by atoms with E-state index in [1.165, 1.54) is 18.2 Å². The topological polar surface area (TPSA) is 92.5 Å². The molecule has 1 N–H and O–H groups in total. The number of hydrogen-bond acceptors (Lipinski definition) is 6. The Morgan fingerprint density at radius 1 is 1.32 bits per heavy atom. The highest BCUT2D eigenvalue weighted by Crippen LogP contribution is 2.34. The van der Waals surface area contributed by atoms with Crippen molar-refractivity contribution in [1.82, 2.24) is 10.1 Å². The molecule has 3 aromatic rings. The van der Waals surface area contributed by atoms with Gasteiger partial charge in [-0.2, -0.15) is 11.3 Å². The Labute approximate surface area is 167 Å². The Balaban J connectivity index is 1.58. The van der Waals surface area contributed by atoms with Crippen LogP contribution < -0.4 is 4.72 Å². The van der Waals surface area contributed by atoms with Gasteiger partial charge < -0.3 is 9.42 Å². The molecule has 0 spiro atoms. The molecule has 1 aromatic carbocycles. The number of carbonyl (C=O) groups is 1. The van der Waals surface area contributed by atoms with Crippen LogP contribution in [0.1, 0.15) is 40.6 Å². The highest BCUT2D eigenvalue weighted by molar-refractivity contribution is 7.92. The minimum absolute atomic E-state index is 0.00489. The van der Waals surface area contributed by atoms with Gasteiger partial charge in [-0.25, -0.2) is 8.42 Å². The second-order valence-corrected chi connectivity index (χ2v) is 9.13. The fraction of sp³-hybridized carbons (Fsp3) is 0.263. The first-order valence-electron chi connectivity index (χ1n) is 8.83. The van der Waals surface area contributed by atoms with Crippen LogP contribution in [0.3, 0.4) is 0 Å². The third kappa shape index (κ3) is 3.67. The van der Waals surface area contributed by atoms with Crippen molar-refractivity contribution in [2.24, 2.45) is 0 Å². The number of sulfonamides is 1. The summed E-state index contributed by atoms with van der Waals surface area (Å²) >= 11 is 1.61. The molecule has 9 heteroatoms. The fourth-order valence-electron chi connectivity index (χ4n) is 3.39. The van der Waals surface area contributed by atoms with Crippen molar-refractivity contribution in [3.05, 3.63) is 64.0 Å². The molecule has 1 amide bonds. The number of aryl methyl sites for hydroxylation is 1. The predicted molar refractivity (Wildman–Crippen MR) is 106 cm³/mol. The van der Waals surface area contributed by atoms with Crippen molar-refractivity contribution in [3.8, 4) is 0 Å². The van der Waals surface area contributed by atoms with Crippen LogP contribution in [0.5, 0.6) is 0 Å². The van der Waals surface area contributed by atoms with E-state index in [0.717, 1.165) is 18.4 Å². The molecule has 0 bridgehead atoms. The second-order valence-electron chi connectivity index (χ2n) is 6.67. The maximum atomic E-state index is 13.1. The van der Waals surface area contributed by atoms with Crippen LogP contribution in [-0.4, -0.2) is 30.9 Å². The van der Waals surface area contributed by atoms with E-state index >= 15 is 0 Å². The molecule has 4 rings (SSSR count). The van der Waals surface area contributed by atoms with Crippen LogP contribution in [-0.2, 0) is 10.0 Å². The van der Waals surface area contributed by atoms with Crippen LogP contribution in [0.2, 0.25) is 0 Å². The fourth-order valence-corrected chi connectivity index (χ4v) is 5.13. The van der Waals surface area contributed by atoms with Gasteiger partial charge in [-0.3, -0.25) is 9.52 Å². The van der Waals surface area contributed by atoms with Gasteiger partial charge in [0.1, 0.15) is 5.76 Å². The largest absolute Gasteiger partial charge is 0.360 e. The molecule has 1 unspecified atom stereocenters. The summed E-state index contributed by atoms with van der Waals surface area (Å²) in [5.41, 5.74) is 1.48. The molecular weight excluding hydrogens is 398 g/mol. The Hall–Kier alpha value is -2.65. The van der Waals surface area contributed by atoms with Crippen molar-refractivity contribution in [3.63, 3.8) is 0 Å². The third-order valence-corrected chi connectivity index (χ3v) is 6.75. The molecule has 1 aliphatic rings. The van der Waals surface area contributed by atoms with Crippen molar-refractivity contribution in [1.29, 1.82) is 0 Å². The lowest BCUT2D eigenvalue weighted by atomic mass is 10.1. The number of carbonyl (C=O) groups excluding carboxylic acids is 1. The van der Waals surface area contributed by atoms with Gasteiger partial charge in [-0.1, -0.05) is 11.2 Å². The van der Waals surface area contributed by atoms with Gasteiger partial charge in [0.15, 0.2) is 5.82 Å². The number of likely N-dealkylation sites (tertiary alicyclic amines) is 1. The minimum atomic E-state index is -3.88. The van der Waals surface area contributed by atoms with Gasteiger partial charge in [0.05, 0.1) is 10.9 Å². The molecule has 0 aliphatic carbocycles. The zero-order valence-electron chi connectivity index (χ0n) is 15.2. The van der Waals surface area contributed by atoms with Gasteiger partial charge >= 0.3 is 0 Å². The quantitative estimate of drug-likeness (QED) is 0.681. The average Bonchev–Trinajstić information content (AvgIpc) is 3.42. The summed E-state index contributed by atoms with van der Waals surface area (Å²) in [6, 6.07) is 9.63. The van der Waals surface area contributed by atoms with E-state index in [1.807, 2.05) is 16.3 Å². The highest BCUT2D eigenvalue weighted by atomic mass is 32.2. The standard InChI is InChI=1S/C19H19N3O4S2/c1-13-10-18(20-26-13)21-28(24,25)16-5-2-4-14(11-16)19(23)22-8-3-6-17(22)15-7-9-27-12-15/h2,4-5,7,9-12,17H,3,6,8H2,1H3,(H,20,21). The van der Waals surface area contributed by atoms with Crippen LogP contribution in [0, 0.1) is 6.92 Å². The number of amides is 1. The van der Waals surface area contributed by atoms with Gasteiger partial charge in [0.2, 0.25) is 0 Å². The summed E-state index contributed by atoms with van der Waals surface area (Å²) in [7, 11) is -3.88. The first-order chi connectivity index (χ1) is 13.4. The van der Waals surface area contributed by atoms with Gasteiger partial charge in [-0.05, 0) is 60.4 Å². The molecule has 1 aliphatic heterocycles. The molecule has 28 heavy (non-hydrogen) atoms. The molecule has 146 valence electrons. The molecule has 1 atom stereocenters. The monoisotopic (exact) mass is 417 g/mol. The van der Waals surface area contributed by atoms with Crippen LogP contribution in [0.4, 0.5) is 5.82 Å². The molecule has 2 aromatic heterocycles. The Morgan fingerprint density at radius 2 is 2.18 bits per heavy atom. The van der Waals surface area contributed by atoms with E-state index in [9.17, 15) is 13.2 Å². The summed E-state index contributed by atoms with van der Waals surface area (Å²) in [5, 5.41) is 7.70. The lowest BCUT2D eigenvalue weighted by Gasteiger charge is -2.24. The van der Waals surface area contributed by atoms with E-state index in [2.05, 4.69) is 15.3 Å². The first-order valence-corrected chi connectivity index (χ1v) is 11.3. The normalized spacial score (nSPS) is 17.0. The summed E-state index contributed by atoms with van der Waals surface area (Å²) in [6.45, 7) is 2.33. The zero-order chi connectivity index (χ0) is 19.7. The van der Waals surface area contributed by atoms with Crippen molar-refractivity contribution >= 4 is 33.1 Å². The maximum Gasteiger partial charge on any atom is 0.263 e. The van der Waals surface area contributed by atoms with Crippen LogP contribution >= 0.6 is 11.3 Å². The number of thiophene rings is 1. The molecule has 7 nitrogen and oxygen atoms in total. The number of anilines is 1. The van der Waals surface area contributed by atoms with Gasteiger partial charge in [-0.15, -0.1) is 0 Å². The summed E-state index contributed by atoms with van der Waals surface area (Å²) in [6.07, 6.45) is 1.84. The summed E-state index contributed by atoms with van der Waals surface area (Å²) in [5.74, 6) is 0.435. The molecule has 1 fully saturated rings. The lowest BCUT2D eigenvalue weighted by Crippen LogP contribution is -2.30. The minimum Gasteiger partial charge on any atom is -0.360 e. The summed E-state index contributed by atoms with van der Waals surface area (Å²) < 4.78 is 32.5. The van der Waals surface area contributed by atoms with Crippen molar-refractivity contribution in [2.45, 2.75) is 30.7 Å². The zero-order valence-corrected chi connectivity index (χ0v) is 16.8. The van der Waals surface area contributed by atoms with E-state index in [0.29, 0.717) is 17.9 Å². The second kappa shape index (κ2) is 7.40. The van der Waals surface area contributed by atoms with E-state index < -0.39 is 10.0 Å². The molecular formula is C19H19N3O4S2. The smallest absolute Gasteiger partial charge is 0.263 e. The maximum absolute atomic E-state index is 13.1. The molecule has 3 heterocycles. The van der Waals surface area contributed by atoms with E-state index in [-0.39, 0.29) is 22.7 Å². The first kappa shape index (κ1) is 18.7. The van der Waals surface area contributed by atoms with E-state index in [1.54, 1.807) is 30.4 Å². The number of nitrogens with one attached hydrogen (secondary N) is 1. The number of hydrogen-bond donors (Lipinski definition) is 1. The van der Waals surface area contributed by atoms with Crippen molar-refractivity contribution in [2.75, 3.05) is 11.3 Å². The molecule has 0 saturated carbocycles.